The second-order valence-electron chi connectivity index (χ2n) is 5.74. The van der Waals surface area contributed by atoms with Crippen LogP contribution in [0.25, 0.3) is 0 Å². The zero-order valence-corrected chi connectivity index (χ0v) is 14.8. The van der Waals surface area contributed by atoms with Crippen molar-refractivity contribution in [3.05, 3.63) is 41.7 Å². The fourth-order valence-corrected chi connectivity index (χ4v) is 2.97. The van der Waals surface area contributed by atoms with Crippen molar-refractivity contribution in [2.75, 3.05) is 6.26 Å². The molecule has 0 saturated carbocycles. The third kappa shape index (κ3) is 3.92. The lowest BCUT2D eigenvalue weighted by Gasteiger charge is -2.30. The van der Waals surface area contributed by atoms with E-state index in [1.165, 1.54) is 17.6 Å². The molecular weight excluding hydrogens is 339 g/mol. The number of pyridine rings is 1. The van der Waals surface area contributed by atoms with Crippen LogP contribution in [0.3, 0.4) is 0 Å². The van der Waals surface area contributed by atoms with Crippen LogP contribution in [-0.4, -0.2) is 46.9 Å². The first-order valence-electron chi connectivity index (χ1n) is 6.85. The first kappa shape index (κ1) is 20.1. The lowest BCUT2D eigenvalue weighted by molar-refractivity contribution is 0.102. The number of hydrogen-bond acceptors (Lipinski definition) is 8. The Bertz CT molecular complexity index is 803. The molecule has 0 fully saturated rings. The largest absolute Gasteiger partial charge is 0.668 e. The molecule has 1 aromatic heterocycles. The summed E-state index contributed by atoms with van der Waals surface area (Å²) in [4.78, 5) is 11.9. The minimum atomic E-state index is -3.75. The van der Waals surface area contributed by atoms with E-state index in [1.54, 1.807) is 19.2 Å². The van der Waals surface area contributed by atoms with Crippen molar-refractivity contribution in [3.8, 4) is 0 Å². The molecule has 0 amide bonds. The Hall–Kier alpha value is -1.98. The highest BCUT2D eigenvalue weighted by molar-refractivity contribution is 7.92. The van der Waals surface area contributed by atoms with Gasteiger partial charge in [-0.25, -0.2) is 8.42 Å². The normalized spacial score (nSPS) is 18.6. The minimum Gasteiger partial charge on any atom is -0.620 e. The van der Waals surface area contributed by atoms with Crippen LogP contribution in [0.15, 0.2) is 28.3 Å². The molecule has 11 heteroatoms. The molecule has 1 unspecified atom stereocenters. The summed E-state index contributed by atoms with van der Waals surface area (Å²) < 4.78 is 33.0. The van der Waals surface area contributed by atoms with Crippen LogP contribution < -0.4 is 5.56 Å². The Labute approximate surface area is 140 Å². The molecule has 0 bridgehead atoms. The van der Waals surface area contributed by atoms with E-state index in [9.17, 15) is 23.3 Å². The van der Waals surface area contributed by atoms with Crippen molar-refractivity contribution in [2.45, 2.75) is 31.6 Å². The molecule has 2 N–H and O–H groups in total. The van der Waals surface area contributed by atoms with E-state index in [0.717, 1.165) is 11.8 Å². The Morgan fingerprint density at radius 2 is 2.04 bits per heavy atom. The number of aryl methyl sites for hydroxylation is 2. The molecule has 1 aromatic rings. The van der Waals surface area contributed by atoms with Gasteiger partial charge in [0.2, 0.25) is 0 Å². The molecule has 0 spiro atoms. The highest BCUT2D eigenvalue weighted by Crippen LogP contribution is 2.28. The number of hydrogen-bond donors (Lipinski definition) is 2. The summed E-state index contributed by atoms with van der Waals surface area (Å²) in [6.45, 7) is -0.489. The maximum absolute atomic E-state index is 12.2. The lowest BCUT2D eigenvalue weighted by Crippen LogP contribution is -2.48. The highest BCUT2D eigenvalue weighted by atomic mass is 32.2. The summed E-state index contributed by atoms with van der Waals surface area (Å²) >= 11 is 0. The quantitative estimate of drug-likeness (QED) is 0.539. The molecule has 0 saturated heterocycles. The monoisotopic (exact) mass is 360 g/mol. The van der Waals surface area contributed by atoms with Crippen LogP contribution in [0.2, 0.25) is 0 Å². The van der Waals surface area contributed by atoms with Crippen LogP contribution in [0.5, 0.6) is 0 Å². The van der Waals surface area contributed by atoms with Crippen molar-refractivity contribution >= 4 is 22.7 Å². The van der Waals surface area contributed by atoms with Gasteiger partial charge >= 0.3 is 6.96 Å². The summed E-state index contributed by atoms with van der Waals surface area (Å²) in [5.74, 6) is -0.454. The van der Waals surface area contributed by atoms with Gasteiger partial charge in [0.05, 0.1) is 0 Å². The Morgan fingerprint density at radius 1 is 1.42 bits per heavy atom. The highest BCUT2D eigenvalue weighted by Gasteiger charge is 2.48. The average molecular weight is 360 g/mol. The molecule has 0 aliphatic carbocycles. The van der Waals surface area contributed by atoms with Gasteiger partial charge in [0, 0.05) is 32.5 Å². The Balaban J connectivity index is 0.00000288. The second-order valence-corrected chi connectivity index (χ2v) is 8.19. The first-order chi connectivity index (χ1) is 10.4. The van der Waals surface area contributed by atoms with E-state index in [2.05, 4.69) is 9.91 Å². The standard InChI is InChI=1S/C12H18BN2O7S.CH3/c1-9-4-6-15(10(16)8-9)7-5-12(2,23(3,19)20)11-14-22-13(17,18)21-11;/h4,6,8,17-18H,5,7H2,1-3H3;1H3/q-1;+1. The molecule has 134 valence electrons. The van der Waals surface area contributed by atoms with Gasteiger partial charge in [-0.2, -0.15) is 0 Å². The van der Waals surface area contributed by atoms with Crippen molar-refractivity contribution in [1.29, 1.82) is 0 Å². The molecule has 0 radical (unpaired) electrons. The van der Waals surface area contributed by atoms with Gasteiger partial charge in [-0.15, -0.1) is 0 Å². The maximum Gasteiger partial charge on any atom is 0.668 e. The van der Waals surface area contributed by atoms with Crippen molar-refractivity contribution < 1.29 is 27.9 Å². The molecule has 1 atom stereocenters. The zero-order chi connectivity index (χ0) is 17.5. The zero-order valence-electron chi connectivity index (χ0n) is 14.0. The molecule has 1 aliphatic rings. The van der Waals surface area contributed by atoms with Gasteiger partial charge in [0.15, 0.2) is 15.7 Å². The maximum atomic E-state index is 12.2. The van der Waals surface area contributed by atoms with E-state index in [0.29, 0.717) is 0 Å². The summed E-state index contributed by atoms with van der Waals surface area (Å²) in [6.07, 6.45) is 2.46. The summed E-state index contributed by atoms with van der Waals surface area (Å²) in [5, 5.41) is 21.9. The fourth-order valence-electron chi connectivity index (χ4n) is 2.10. The van der Waals surface area contributed by atoms with Crippen LogP contribution in [-0.2, 0) is 25.8 Å². The molecule has 2 heterocycles. The van der Waals surface area contributed by atoms with Gasteiger partial charge < -0.3 is 24.0 Å². The number of aromatic nitrogens is 1. The summed E-state index contributed by atoms with van der Waals surface area (Å²) in [5.41, 5.74) is 0.524. The minimum absolute atomic E-state index is 0. The number of sulfone groups is 1. The van der Waals surface area contributed by atoms with Crippen LogP contribution in [0.4, 0.5) is 0 Å². The van der Waals surface area contributed by atoms with E-state index >= 15 is 0 Å². The van der Waals surface area contributed by atoms with E-state index in [1.807, 2.05) is 0 Å². The number of nitrogens with zero attached hydrogens (tertiary/aromatic N) is 2. The molecule has 1 aliphatic heterocycles. The predicted molar refractivity (Wildman–Crippen MR) is 89.5 cm³/mol. The molecule has 24 heavy (non-hydrogen) atoms. The van der Waals surface area contributed by atoms with Gasteiger partial charge in [-0.05, 0) is 31.9 Å². The SMILES string of the molecule is Cc1ccn(CCC(C)(C2=NO[B-](O)(O)O2)S(C)(=O)=O)c(=O)c1.[CH3+]. The molecule has 9 nitrogen and oxygen atoms in total. The average Bonchev–Trinajstić information content (AvgIpc) is 2.77. The third-order valence-corrected chi connectivity index (χ3v) is 5.81. The van der Waals surface area contributed by atoms with E-state index < -0.39 is 27.4 Å². The fraction of sp³-hybridized carbons (Fsp3) is 0.462. The number of rotatable bonds is 5. The molecular formula is C13H21BN2O7S. The van der Waals surface area contributed by atoms with Gasteiger partial charge in [-0.3, -0.25) is 4.79 Å². The summed E-state index contributed by atoms with van der Waals surface area (Å²) in [7, 11) is -3.75. The van der Waals surface area contributed by atoms with E-state index in [-0.39, 0.29) is 26.0 Å². The Kier molecular flexibility index (Phi) is 5.43. The second kappa shape index (κ2) is 6.50. The lowest BCUT2D eigenvalue weighted by atomic mass is 10.0. The smallest absolute Gasteiger partial charge is 0.620 e. The van der Waals surface area contributed by atoms with Gasteiger partial charge in [-0.1, -0.05) is 5.16 Å². The number of oxime groups is 1. The summed E-state index contributed by atoms with van der Waals surface area (Å²) in [6, 6.07) is 3.15. The van der Waals surface area contributed by atoms with Crippen LogP contribution in [0, 0.1) is 14.4 Å². The molecule has 2 rings (SSSR count). The topological polar surface area (TPSA) is 127 Å². The van der Waals surface area contributed by atoms with Gasteiger partial charge in [0.1, 0.15) is 4.75 Å². The van der Waals surface area contributed by atoms with Crippen LogP contribution in [0.1, 0.15) is 18.9 Å². The van der Waals surface area contributed by atoms with E-state index in [4.69, 9.17) is 4.65 Å². The van der Waals surface area contributed by atoms with Crippen molar-refractivity contribution in [3.63, 3.8) is 0 Å². The van der Waals surface area contributed by atoms with Crippen LogP contribution >= 0.6 is 0 Å². The van der Waals surface area contributed by atoms with Crippen molar-refractivity contribution in [2.24, 2.45) is 5.16 Å². The van der Waals surface area contributed by atoms with Crippen molar-refractivity contribution in [1.82, 2.24) is 4.57 Å². The first-order valence-corrected chi connectivity index (χ1v) is 8.74. The molecule has 0 aromatic carbocycles. The predicted octanol–water partition coefficient (Wildman–Crippen LogP) is -0.419. The third-order valence-electron chi connectivity index (χ3n) is 3.79. The Morgan fingerprint density at radius 3 is 2.50 bits per heavy atom. The van der Waals surface area contributed by atoms with Gasteiger partial charge in [0.25, 0.3) is 5.56 Å².